The molecule has 134 valence electrons. The van der Waals surface area contributed by atoms with Crippen LogP contribution in [0.15, 0.2) is 85.3 Å². The molecule has 2 aromatic carbocycles. The van der Waals surface area contributed by atoms with Gasteiger partial charge in [0.1, 0.15) is 0 Å². The second kappa shape index (κ2) is 7.74. The average Bonchev–Trinajstić information content (AvgIpc) is 3.41. The molecule has 0 aliphatic heterocycles. The van der Waals surface area contributed by atoms with E-state index in [4.69, 9.17) is 0 Å². The fourth-order valence-corrected chi connectivity index (χ4v) is 2.96. The highest BCUT2D eigenvalue weighted by atomic mass is 16.1. The monoisotopic (exact) mass is 356 g/mol. The number of hydrogen-bond donors (Lipinski definition) is 2. The van der Waals surface area contributed by atoms with E-state index in [0.717, 1.165) is 28.1 Å². The van der Waals surface area contributed by atoms with E-state index in [1.54, 1.807) is 6.20 Å². The molecule has 0 bridgehead atoms. The van der Waals surface area contributed by atoms with Crippen LogP contribution in [0.2, 0.25) is 0 Å². The zero-order valence-electron chi connectivity index (χ0n) is 14.8. The summed E-state index contributed by atoms with van der Waals surface area (Å²) in [6.07, 6.45) is 6.10. The molecular weight excluding hydrogens is 336 g/mol. The Balaban J connectivity index is 1.30. The fourth-order valence-electron chi connectivity index (χ4n) is 2.96. The summed E-state index contributed by atoms with van der Waals surface area (Å²) in [6.45, 7) is 0.517. The highest BCUT2D eigenvalue weighted by molar-refractivity contribution is 5.78. The molecule has 5 heteroatoms. The lowest BCUT2D eigenvalue weighted by molar-refractivity contribution is -0.120. The van der Waals surface area contributed by atoms with Crippen LogP contribution in [-0.2, 0) is 17.8 Å². The summed E-state index contributed by atoms with van der Waals surface area (Å²) in [7, 11) is 0. The Kier molecular flexibility index (Phi) is 4.83. The smallest absolute Gasteiger partial charge is 0.224 e. The molecule has 2 heterocycles. The van der Waals surface area contributed by atoms with E-state index in [1.165, 1.54) is 0 Å². The Morgan fingerprint density at radius 3 is 2.30 bits per heavy atom. The first-order valence-corrected chi connectivity index (χ1v) is 8.85. The number of H-pyrrole nitrogens is 1. The van der Waals surface area contributed by atoms with E-state index in [0.29, 0.717) is 13.0 Å². The van der Waals surface area contributed by atoms with Crippen molar-refractivity contribution >= 4 is 5.91 Å². The van der Waals surface area contributed by atoms with Crippen molar-refractivity contribution < 1.29 is 4.79 Å². The quantitative estimate of drug-likeness (QED) is 0.553. The van der Waals surface area contributed by atoms with Gasteiger partial charge in [-0.1, -0.05) is 36.4 Å². The lowest BCUT2D eigenvalue weighted by Gasteiger charge is -2.08. The van der Waals surface area contributed by atoms with Gasteiger partial charge in [0, 0.05) is 30.8 Å². The minimum absolute atomic E-state index is 0.0151. The van der Waals surface area contributed by atoms with Crippen LogP contribution in [0, 0.1) is 0 Å². The molecule has 0 fully saturated rings. The van der Waals surface area contributed by atoms with Crippen molar-refractivity contribution in [1.82, 2.24) is 20.1 Å². The third-order valence-corrected chi connectivity index (χ3v) is 4.46. The first-order chi connectivity index (χ1) is 13.3. The van der Waals surface area contributed by atoms with Gasteiger partial charge in [-0.2, -0.15) is 5.10 Å². The molecule has 2 N–H and O–H groups in total. The minimum atomic E-state index is 0.0151. The highest BCUT2D eigenvalue weighted by Crippen LogP contribution is 2.16. The Labute approximate surface area is 157 Å². The van der Waals surface area contributed by atoms with Crippen LogP contribution in [0.25, 0.3) is 16.9 Å². The summed E-state index contributed by atoms with van der Waals surface area (Å²) >= 11 is 0. The van der Waals surface area contributed by atoms with Crippen LogP contribution >= 0.6 is 0 Å². The third kappa shape index (κ3) is 4.15. The number of rotatable bonds is 6. The van der Waals surface area contributed by atoms with Gasteiger partial charge in [-0.3, -0.25) is 9.89 Å². The first-order valence-electron chi connectivity index (χ1n) is 8.85. The van der Waals surface area contributed by atoms with Crippen LogP contribution in [0.3, 0.4) is 0 Å². The predicted molar refractivity (Wildman–Crippen MR) is 105 cm³/mol. The SMILES string of the molecule is O=C(Cc1ccc(-n2cccc2)cc1)NCc1ccc(-c2ccn[nH]2)cc1. The van der Waals surface area contributed by atoms with E-state index in [1.807, 2.05) is 83.7 Å². The van der Waals surface area contributed by atoms with Gasteiger partial charge in [0.15, 0.2) is 0 Å². The zero-order valence-corrected chi connectivity index (χ0v) is 14.8. The van der Waals surface area contributed by atoms with E-state index >= 15 is 0 Å². The van der Waals surface area contributed by atoms with Crippen LogP contribution in [0.5, 0.6) is 0 Å². The van der Waals surface area contributed by atoms with E-state index in [-0.39, 0.29) is 5.91 Å². The van der Waals surface area contributed by atoms with Crippen molar-refractivity contribution in [3.05, 3.63) is 96.4 Å². The normalized spacial score (nSPS) is 10.7. The lowest BCUT2D eigenvalue weighted by atomic mass is 10.1. The van der Waals surface area contributed by atoms with Gasteiger partial charge in [0.05, 0.1) is 12.1 Å². The minimum Gasteiger partial charge on any atom is -0.352 e. The number of amides is 1. The molecular formula is C22H20N4O. The van der Waals surface area contributed by atoms with Crippen molar-refractivity contribution in [2.75, 3.05) is 0 Å². The number of carbonyl (C=O) groups is 1. The Morgan fingerprint density at radius 2 is 1.63 bits per heavy atom. The molecule has 0 saturated heterocycles. The molecule has 2 aromatic heterocycles. The van der Waals surface area contributed by atoms with Gasteiger partial charge in [-0.05, 0) is 47.0 Å². The molecule has 0 aliphatic carbocycles. The van der Waals surface area contributed by atoms with E-state index in [9.17, 15) is 4.79 Å². The van der Waals surface area contributed by atoms with Gasteiger partial charge in [-0.15, -0.1) is 0 Å². The van der Waals surface area contributed by atoms with E-state index in [2.05, 4.69) is 15.5 Å². The summed E-state index contributed by atoms with van der Waals surface area (Å²) in [5.41, 5.74) is 5.20. The van der Waals surface area contributed by atoms with Gasteiger partial charge >= 0.3 is 0 Å². The number of carbonyl (C=O) groups excluding carboxylic acids is 1. The van der Waals surface area contributed by atoms with Gasteiger partial charge in [0.25, 0.3) is 0 Å². The summed E-state index contributed by atoms with van der Waals surface area (Å²) in [4.78, 5) is 12.2. The molecule has 0 radical (unpaired) electrons. The van der Waals surface area contributed by atoms with Crippen molar-refractivity contribution in [3.63, 3.8) is 0 Å². The van der Waals surface area contributed by atoms with Crippen molar-refractivity contribution in [2.45, 2.75) is 13.0 Å². The van der Waals surface area contributed by atoms with Crippen molar-refractivity contribution in [2.24, 2.45) is 0 Å². The van der Waals surface area contributed by atoms with Gasteiger partial charge in [0.2, 0.25) is 5.91 Å². The fraction of sp³-hybridized carbons (Fsp3) is 0.0909. The molecule has 1 amide bonds. The summed E-state index contributed by atoms with van der Waals surface area (Å²) in [5.74, 6) is 0.0151. The molecule has 4 aromatic rings. The lowest BCUT2D eigenvalue weighted by Crippen LogP contribution is -2.24. The standard InChI is InChI=1S/C22H20N4O/c27-22(15-17-5-9-20(10-6-17)26-13-1-2-14-26)23-16-18-3-7-19(8-4-18)21-11-12-24-25-21/h1-14H,15-16H2,(H,23,27)(H,24,25). The Bertz CT molecular complexity index is 986. The topological polar surface area (TPSA) is 62.7 Å². The third-order valence-electron chi connectivity index (χ3n) is 4.46. The number of nitrogens with one attached hydrogen (secondary N) is 2. The zero-order chi connectivity index (χ0) is 18.5. The summed E-state index contributed by atoms with van der Waals surface area (Å²) < 4.78 is 2.04. The molecule has 0 spiro atoms. The summed E-state index contributed by atoms with van der Waals surface area (Å²) in [5, 5.41) is 9.88. The maximum atomic E-state index is 12.2. The van der Waals surface area contributed by atoms with Gasteiger partial charge < -0.3 is 9.88 Å². The molecule has 0 atom stereocenters. The van der Waals surface area contributed by atoms with E-state index < -0.39 is 0 Å². The Morgan fingerprint density at radius 1 is 0.926 bits per heavy atom. The molecule has 0 saturated carbocycles. The van der Waals surface area contributed by atoms with Crippen LogP contribution in [0.1, 0.15) is 11.1 Å². The van der Waals surface area contributed by atoms with Crippen LogP contribution in [0.4, 0.5) is 0 Å². The largest absolute Gasteiger partial charge is 0.352 e. The molecule has 4 rings (SSSR count). The Hall–Kier alpha value is -3.60. The second-order valence-electron chi connectivity index (χ2n) is 6.38. The van der Waals surface area contributed by atoms with Crippen LogP contribution in [-0.4, -0.2) is 20.7 Å². The maximum Gasteiger partial charge on any atom is 0.224 e. The number of hydrogen-bond acceptors (Lipinski definition) is 2. The van der Waals surface area contributed by atoms with Crippen molar-refractivity contribution in [1.29, 1.82) is 0 Å². The number of nitrogens with zero attached hydrogens (tertiary/aromatic N) is 2. The molecule has 0 unspecified atom stereocenters. The number of aromatic nitrogens is 3. The predicted octanol–water partition coefficient (Wildman–Crippen LogP) is 3.73. The second-order valence-corrected chi connectivity index (χ2v) is 6.38. The number of benzene rings is 2. The summed E-state index contributed by atoms with van der Waals surface area (Å²) in [6, 6.07) is 22.0. The molecule has 0 aliphatic rings. The number of aromatic amines is 1. The first kappa shape index (κ1) is 16.8. The molecule has 27 heavy (non-hydrogen) atoms. The maximum absolute atomic E-state index is 12.2. The average molecular weight is 356 g/mol. The van der Waals surface area contributed by atoms with Crippen LogP contribution < -0.4 is 5.32 Å². The van der Waals surface area contributed by atoms with Crippen molar-refractivity contribution in [3.8, 4) is 16.9 Å². The van der Waals surface area contributed by atoms with Gasteiger partial charge in [-0.25, -0.2) is 0 Å². The molecule has 5 nitrogen and oxygen atoms in total. The highest BCUT2D eigenvalue weighted by Gasteiger charge is 2.05.